The average Bonchev–Trinajstić information content (AvgIpc) is 1.94. The van der Waals surface area contributed by atoms with Gasteiger partial charge in [0, 0.05) is 0 Å². The van der Waals surface area contributed by atoms with Gasteiger partial charge in [-0.15, -0.1) is 0 Å². The summed E-state index contributed by atoms with van der Waals surface area (Å²) < 4.78 is 24.6. The second-order valence-corrected chi connectivity index (χ2v) is 1.98. The number of hydrogen-bond donors (Lipinski definition) is 1. The maximum atomic E-state index is 12.7. The third-order valence-corrected chi connectivity index (χ3v) is 1.24. The molecule has 2 nitrogen and oxygen atoms in total. The van der Waals surface area contributed by atoms with Crippen molar-refractivity contribution in [1.82, 2.24) is 0 Å². The summed E-state index contributed by atoms with van der Waals surface area (Å²) in [4.78, 5) is 10.1. The minimum Gasteiger partial charge on any atom is -0.396 e. The van der Waals surface area contributed by atoms with Gasteiger partial charge in [-0.2, -0.15) is 4.39 Å². The van der Waals surface area contributed by atoms with Crippen molar-refractivity contribution in [3.8, 4) is 0 Å². The molecule has 0 bridgehead atoms. The molecule has 0 fully saturated rings. The van der Waals surface area contributed by atoms with Crippen LogP contribution in [0.1, 0.15) is 10.4 Å². The Morgan fingerprint density at radius 2 is 2.09 bits per heavy atom. The first kappa shape index (κ1) is 7.65. The summed E-state index contributed by atoms with van der Waals surface area (Å²) in [6.07, 6.45) is 0. The first-order chi connectivity index (χ1) is 5.13. The summed E-state index contributed by atoms with van der Waals surface area (Å²) >= 11 is 0. The van der Waals surface area contributed by atoms with Crippen molar-refractivity contribution in [2.75, 3.05) is 5.73 Å². The summed E-state index contributed by atoms with van der Waals surface area (Å²) in [7, 11) is 0. The Labute approximate surface area is 61.6 Å². The Bertz CT molecular complexity index is 298. The Morgan fingerprint density at radius 3 is 2.55 bits per heavy atom. The van der Waals surface area contributed by atoms with E-state index < -0.39 is 17.4 Å². The molecule has 2 N–H and O–H groups in total. The smallest absolute Gasteiger partial charge is 0.335 e. The van der Waals surface area contributed by atoms with Gasteiger partial charge in [0.1, 0.15) is 0 Å². The van der Waals surface area contributed by atoms with Crippen LogP contribution in [0.25, 0.3) is 0 Å². The molecule has 0 radical (unpaired) electrons. The first-order valence-electron chi connectivity index (χ1n) is 2.86. The van der Waals surface area contributed by atoms with Gasteiger partial charge in [0.15, 0.2) is 5.82 Å². The van der Waals surface area contributed by atoms with Crippen LogP contribution < -0.4 is 5.73 Å². The minimum atomic E-state index is -1.81. The van der Waals surface area contributed by atoms with Gasteiger partial charge in [-0.25, -0.2) is 4.39 Å². The molecule has 0 aromatic heterocycles. The lowest BCUT2D eigenvalue weighted by Gasteiger charge is -1.97. The lowest BCUT2D eigenvalue weighted by Crippen LogP contribution is -1.99. The van der Waals surface area contributed by atoms with Gasteiger partial charge in [0.25, 0.3) is 0 Å². The molecule has 0 aliphatic carbocycles. The second kappa shape index (κ2) is 2.65. The van der Waals surface area contributed by atoms with E-state index in [9.17, 15) is 13.6 Å². The van der Waals surface area contributed by atoms with Crippen molar-refractivity contribution >= 4 is 11.7 Å². The number of anilines is 1. The molecular weight excluding hydrogens is 152 g/mol. The van der Waals surface area contributed by atoms with Crippen LogP contribution in [0.5, 0.6) is 0 Å². The molecule has 58 valence electrons. The van der Waals surface area contributed by atoms with Crippen LogP contribution >= 0.6 is 0 Å². The highest BCUT2D eigenvalue weighted by Crippen LogP contribution is 2.14. The van der Waals surface area contributed by atoms with Gasteiger partial charge in [0.2, 0.25) is 0 Å². The van der Waals surface area contributed by atoms with E-state index in [-0.39, 0.29) is 5.69 Å². The minimum absolute atomic E-state index is 0.228. The summed E-state index contributed by atoms with van der Waals surface area (Å²) in [5.74, 6) is -1.000. The van der Waals surface area contributed by atoms with Crippen LogP contribution in [0.15, 0.2) is 18.2 Å². The normalized spacial score (nSPS) is 9.64. The summed E-state index contributed by atoms with van der Waals surface area (Å²) in [5.41, 5.74) is 4.22. The zero-order chi connectivity index (χ0) is 8.43. The van der Waals surface area contributed by atoms with Crippen molar-refractivity contribution in [3.05, 3.63) is 29.6 Å². The molecule has 0 saturated heterocycles. The number of rotatable bonds is 1. The summed E-state index contributed by atoms with van der Waals surface area (Å²) in [5, 5.41) is 0. The average molecular weight is 157 g/mol. The molecule has 0 unspecified atom stereocenters. The highest BCUT2D eigenvalue weighted by Gasteiger charge is 2.11. The van der Waals surface area contributed by atoms with E-state index in [1.807, 2.05) is 0 Å². The van der Waals surface area contributed by atoms with Gasteiger partial charge in [-0.05, 0) is 12.1 Å². The van der Waals surface area contributed by atoms with E-state index in [4.69, 9.17) is 5.73 Å². The lowest BCUT2D eigenvalue weighted by atomic mass is 10.2. The maximum Gasteiger partial charge on any atom is 0.335 e. The maximum absolute atomic E-state index is 12.7. The molecule has 0 heterocycles. The first-order valence-corrected chi connectivity index (χ1v) is 2.86. The van der Waals surface area contributed by atoms with E-state index in [0.717, 1.165) is 6.07 Å². The quantitative estimate of drug-likeness (QED) is 0.496. The second-order valence-electron chi connectivity index (χ2n) is 1.98. The molecule has 0 amide bonds. The van der Waals surface area contributed by atoms with E-state index in [1.165, 1.54) is 12.1 Å². The predicted octanol–water partition coefficient (Wildman–Crippen LogP) is 1.52. The number of nitrogen functional groups attached to an aromatic ring is 1. The third kappa shape index (κ3) is 1.34. The van der Waals surface area contributed by atoms with E-state index in [1.54, 1.807) is 0 Å². The molecule has 1 aromatic carbocycles. The molecule has 0 atom stereocenters. The van der Waals surface area contributed by atoms with Crippen molar-refractivity contribution in [1.29, 1.82) is 0 Å². The fourth-order valence-electron chi connectivity index (χ4n) is 0.702. The van der Waals surface area contributed by atoms with Gasteiger partial charge in [0.05, 0.1) is 11.3 Å². The molecule has 4 heteroatoms. The molecular formula is C7H5F2NO. The highest BCUT2D eigenvalue weighted by molar-refractivity contribution is 5.89. The number of nitrogens with two attached hydrogens (primary N) is 1. The SMILES string of the molecule is Nc1cccc(C(=O)F)c1F. The number of halogens is 2. The Morgan fingerprint density at radius 1 is 1.45 bits per heavy atom. The van der Waals surface area contributed by atoms with E-state index in [2.05, 4.69) is 0 Å². The van der Waals surface area contributed by atoms with Crippen LogP contribution in [-0.2, 0) is 0 Å². The van der Waals surface area contributed by atoms with Crippen LogP contribution in [0, 0.1) is 5.82 Å². The zero-order valence-electron chi connectivity index (χ0n) is 5.47. The number of hydrogen-bond acceptors (Lipinski definition) is 2. The molecule has 0 spiro atoms. The van der Waals surface area contributed by atoms with Crippen LogP contribution in [-0.4, -0.2) is 6.04 Å². The van der Waals surface area contributed by atoms with Crippen molar-refractivity contribution in [2.24, 2.45) is 0 Å². The molecule has 0 aliphatic heterocycles. The lowest BCUT2D eigenvalue weighted by molar-refractivity contribution is 0.0831. The van der Waals surface area contributed by atoms with Gasteiger partial charge in [-0.3, -0.25) is 4.79 Å². The van der Waals surface area contributed by atoms with Gasteiger partial charge >= 0.3 is 6.04 Å². The Balaban J connectivity index is 3.27. The number of carbonyl (C=O) groups excluding carboxylic acids is 1. The fourth-order valence-corrected chi connectivity index (χ4v) is 0.702. The molecule has 11 heavy (non-hydrogen) atoms. The van der Waals surface area contributed by atoms with Crippen molar-refractivity contribution < 1.29 is 13.6 Å². The molecule has 1 aromatic rings. The van der Waals surface area contributed by atoms with Gasteiger partial charge < -0.3 is 5.73 Å². The van der Waals surface area contributed by atoms with E-state index in [0.29, 0.717) is 0 Å². The van der Waals surface area contributed by atoms with Crippen LogP contribution in [0.3, 0.4) is 0 Å². The van der Waals surface area contributed by atoms with E-state index >= 15 is 0 Å². The van der Waals surface area contributed by atoms with Crippen LogP contribution in [0.2, 0.25) is 0 Å². The number of carbonyl (C=O) groups is 1. The van der Waals surface area contributed by atoms with Crippen LogP contribution in [0.4, 0.5) is 14.5 Å². The Hall–Kier alpha value is -1.45. The predicted molar refractivity (Wildman–Crippen MR) is 36.3 cm³/mol. The monoisotopic (exact) mass is 157 g/mol. The summed E-state index contributed by atoms with van der Waals surface area (Å²) in [6.45, 7) is 0. The Kier molecular flexibility index (Phi) is 1.85. The van der Waals surface area contributed by atoms with Crippen molar-refractivity contribution in [2.45, 2.75) is 0 Å². The van der Waals surface area contributed by atoms with Crippen molar-refractivity contribution in [3.63, 3.8) is 0 Å². The highest BCUT2D eigenvalue weighted by atomic mass is 19.1. The van der Waals surface area contributed by atoms with Gasteiger partial charge in [-0.1, -0.05) is 6.07 Å². The molecule has 0 aliphatic rings. The number of benzene rings is 1. The largest absolute Gasteiger partial charge is 0.396 e. The standard InChI is InChI=1S/C7H5F2NO/c8-6-4(7(9)11)2-1-3-5(6)10/h1-3H,10H2. The zero-order valence-corrected chi connectivity index (χ0v) is 5.47. The molecule has 1 rings (SSSR count). The third-order valence-electron chi connectivity index (χ3n) is 1.24. The summed E-state index contributed by atoms with van der Waals surface area (Å²) in [6, 6.07) is 1.79. The topological polar surface area (TPSA) is 43.1 Å². The molecule has 0 saturated carbocycles. The fraction of sp³-hybridized carbons (Fsp3) is 0.